The third-order valence-corrected chi connectivity index (χ3v) is 3.42. The summed E-state index contributed by atoms with van der Waals surface area (Å²) < 4.78 is 0.708. The molecule has 5 heteroatoms. The number of likely N-dealkylation sites (tertiary alicyclic amines) is 1. The Morgan fingerprint density at radius 1 is 1.59 bits per heavy atom. The molecule has 1 aliphatic heterocycles. The van der Waals surface area contributed by atoms with Gasteiger partial charge in [-0.25, -0.2) is 4.98 Å². The van der Waals surface area contributed by atoms with Crippen molar-refractivity contribution < 1.29 is 9.90 Å². The molecule has 4 nitrogen and oxygen atoms in total. The Labute approximate surface area is 109 Å². The molecule has 0 radical (unpaired) electrons. The summed E-state index contributed by atoms with van der Waals surface area (Å²) in [5.41, 5.74) is -0.112. The van der Waals surface area contributed by atoms with Crippen molar-refractivity contribution in [3.8, 4) is 0 Å². The Kier molecular flexibility index (Phi) is 3.49. The molecular formula is C12H15BrN2O2. The highest BCUT2D eigenvalue weighted by Gasteiger charge is 2.42. The fourth-order valence-electron chi connectivity index (χ4n) is 2.12. The van der Waals surface area contributed by atoms with Crippen LogP contribution >= 0.6 is 15.9 Å². The van der Waals surface area contributed by atoms with Crippen molar-refractivity contribution >= 4 is 21.8 Å². The Hall–Kier alpha value is -0.940. The summed E-state index contributed by atoms with van der Waals surface area (Å²) in [6.45, 7) is 2.88. The number of rotatable bonds is 3. The predicted octanol–water partition coefficient (Wildman–Crippen LogP) is 1.83. The SMILES string of the molecule is CCCC1(O)CN(C(=O)c2ccc(Br)nc2)C1. The Balaban J connectivity index is 1.97. The number of carbonyl (C=O) groups excluding carboxylic acids is 1. The number of aliphatic hydroxyl groups is 1. The van der Waals surface area contributed by atoms with E-state index in [9.17, 15) is 9.90 Å². The molecule has 2 heterocycles. The van der Waals surface area contributed by atoms with Crippen LogP contribution in [-0.2, 0) is 0 Å². The molecule has 1 N–H and O–H groups in total. The van der Waals surface area contributed by atoms with E-state index in [2.05, 4.69) is 20.9 Å². The maximum atomic E-state index is 12.0. The minimum absolute atomic E-state index is 0.0641. The molecular weight excluding hydrogens is 284 g/mol. The van der Waals surface area contributed by atoms with Crippen LogP contribution in [0.4, 0.5) is 0 Å². The van der Waals surface area contributed by atoms with Gasteiger partial charge in [-0.3, -0.25) is 4.79 Å². The van der Waals surface area contributed by atoms with Crippen LogP contribution in [-0.4, -0.2) is 39.6 Å². The van der Waals surface area contributed by atoms with Gasteiger partial charge in [-0.1, -0.05) is 13.3 Å². The molecule has 1 saturated heterocycles. The lowest BCUT2D eigenvalue weighted by molar-refractivity contribution is -0.0860. The number of aromatic nitrogens is 1. The molecule has 1 aromatic rings. The van der Waals surface area contributed by atoms with Crippen molar-refractivity contribution in [1.29, 1.82) is 0 Å². The zero-order valence-corrected chi connectivity index (χ0v) is 11.3. The first-order valence-corrected chi connectivity index (χ1v) is 6.46. The van der Waals surface area contributed by atoms with Crippen molar-refractivity contribution in [2.45, 2.75) is 25.4 Å². The highest BCUT2D eigenvalue weighted by atomic mass is 79.9. The van der Waals surface area contributed by atoms with Crippen molar-refractivity contribution in [2.75, 3.05) is 13.1 Å². The molecule has 0 atom stereocenters. The summed E-state index contributed by atoms with van der Waals surface area (Å²) in [6.07, 6.45) is 3.22. The summed E-state index contributed by atoms with van der Waals surface area (Å²) >= 11 is 3.23. The second-order valence-electron chi connectivity index (χ2n) is 4.51. The molecule has 0 bridgehead atoms. The normalized spacial score (nSPS) is 17.7. The summed E-state index contributed by atoms with van der Waals surface area (Å²) in [5, 5.41) is 10.0. The highest BCUT2D eigenvalue weighted by molar-refractivity contribution is 9.10. The van der Waals surface area contributed by atoms with E-state index in [0.29, 0.717) is 23.3 Å². The Morgan fingerprint density at radius 2 is 2.29 bits per heavy atom. The Morgan fingerprint density at radius 3 is 2.82 bits per heavy atom. The minimum Gasteiger partial charge on any atom is -0.386 e. The first-order valence-electron chi connectivity index (χ1n) is 5.67. The van der Waals surface area contributed by atoms with Gasteiger partial charge in [0.1, 0.15) is 4.60 Å². The third-order valence-electron chi connectivity index (χ3n) is 2.95. The molecule has 17 heavy (non-hydrogen) atoms. The van der Waals surface area contributed by atoms with Gasteiger partial charge in [0.05, 0.1) is 24.3 Å². The number of hydrogen-bond donors (Lipinski definition) is 1. The zero-order chi connectivity index (χ0) is 12.5. The van der Waals surface area contributed by atoms with Gasteiger partial charge in [0.2, 0.25) is 0 Å². The standard InChI is InChI=1S/C12H15BrN2O2/c1-2-5-12(17)7-15(8-12)11(16)9-3-4-10(13)14-6-9/h3-4,6,17H,2,5,7-8H2,1H3. The van der Waals surface area contributed by atoms with Gasteiger partial charge >= 0.3 is 0 Å². The summed E-state index contributed by atoms with van der Waals surface area (Å²) in [7, 11) is 0. The highest BCUT2D eigenvalue weighted by Crippen LogP contribution is 2.27. The van der Waals surface area contributed by atoms with Crippen LogP contribution < -0.4 is 0 Å². The van der Waals surface area contributed by atoms with Crippen molar-refractivity contribution in [2.24, 2.45) is 0 Å². The second-order valence-corrected chi connectivity index (χ2v) is 5.32. The number of carbonyl (C=O) groups is 1. The van der Waals surface area contributed by atoms with E-state index in [1.165, 1.54) is 0 Å². The summed E-state index contributed by atoms with van der Waals surface area (Å²) in [6, 6.07) is 3.47. The number of β-amino-alcohol motifs (C(OH)–C–C–N with tert-alkyl or cyclic N) is 1. The van der Waals surface area contributed by atoms with Gasteiger partial charge in [-0.2, -0.15) is 0 Å². The number of amides is 1. The number of hydrogen-bond acceptors (Lipinski definition) is 3. The summed E-state index contributed by atoms with van der Waals surface area (Å²) in [5.74, 6) is -0.0641. The molecule has 0 aromatic carbocycles. The monoisotopic (exact) mass is 298 g/mol. The van der Waals surface area contributed by atoms with Gasteiger partial charge in [-0.15, -0.1) is 0 Å². The maximum Gasteiger partial charge on any atom is 0.255 e. The third kappa shape index (κ3) is 2.66. The quantitative estimate of drug-likeness (QED) is 0.866. The smallest absolute Gasteiger partial charge is 0.255 e. The fraction of sp³-hybridized carbons (Fsp3) is 0.500. The van der Waals surface area contributed by atoms with Crippen molar-refractivity contribution in [3.63, 3.8) is 0 Å². The molecule has 0 spiro atoms. The predicted molar refractivity (Wildman–Crippen MR) is 67.7 cm³/mol. The largest absolute Gasteiger partial charge is 0.386 e. The van der Waals surface area contributed by atoms with Crippen LogP contribution in [0.5, 0.6) is 0 Å². The molecule has 0 unspecified atom stereocenters. The number of halogens is 1. The first kappa shape index (κ1) is 12.5. The van der Waals surface area contributed by atoms with Gasteiger partial charge in [0, 0.05) is 6.20 Å². The van der Waals surface area contributed by atoms with Crippen LogP contribution in [0.2, 0.25) is 0 Å². The molecule has 0 saturated carbocycles. The van der Waals surface area contributed by atoms with Crippen LogP contribution in [0.1, 0.15) is 30.1 Å². The lowest BCUT2D eigenvalue weighted by atomic mass is 9.89. The van der Waals surface area contributed by atoms with Gasteiger partial charge < -0.3 is 10.0 Å². The van der Waals surface area contributed by atoms with Gasteiger partial charge in [0.25, 0.3) is 5.91 Å². The van der Waals surface area contributed by atoms with E-state index in [-0.39, 0.29) is 5.91 Å². The van der Waals surface area contributed by atoms with Crippen LogP contribution in [0.3, 0.4) is 0 Å². The first-order chi connectivity index (χ1) is 8.04. The van der Waals surface area contributed by atoms with E-state index < -0.39 is 5.60 Å². The average molecular weight is 299 g/mol. The lowest BCUT2D eigenvalue weighted by Crippen LogP contribution is -2.63. The van der Waals surface area contributed by atoms with E-state index >= 15 is 0 Å². The number of nitrogens with zero attached hydrogens (tertiary/aromatic N) is 2. The molecule has 1 fully saturated rings. The maximum absolute atomic E-state index is 12.0. The molecule has 2 rings (SSSR count). The molecule has 0 aliphatic carbocycles. The van der Waals surface area contributed by atoms with E-state index in [4.69, 9.17) is 0 Å². The van der Waals surface area contributed by atoms with Crippen molar-refractivity contribution in [1.82, 2.24) is 9.88 Å². The van der Waals surface area contributed by atoms with Gasteiger partial charge in [-0.05, 0) is 34.5 Å². The van der Waals surface area contributed by atoms with E-state index in [1.807, 2.05) is 6.92 Å². The second kappa shape index (κ2) is 4.74. The van der Waals surface area contributed by atoms with Crippen molar-refractivity contribution in [3.05, 3.63) is 28.5 Å². The molecule has 1 aliphatic rings. The molecule has 1 amide bonds. The minimum atomic E-state index is -0.673. The average Bonchev–Trinajstić information content (AvgIpc) is 2.26. The summed E-state index contributed by atoms with van der Waals surface area (Å²) in [4.78, 5) is 17.7. The fourth-order valence-corrected chi connectivity index (χ4v) is 2.35. The van der Waals surface area contributed by atoms with Crippen LogP contribution in [0.25, 0.3) is 0 Å². The molecule has 92 valence electrons. The van der Waals surface area contributed by atoms with Gasteiger partial charge in [0.15, 0.2) is 0 Å². The van der Waals surface area contributed by atoms with Crippen LogP contribution in [0, 0.1) is 0 Å². The lowest BCUT2D eigenvalue weighted by Gasteiger charge is -2.46. The van der Waals surface area contributed by atoms with E-state index in [1.54, 1.807) is 23.2 Å². The zero-order valence-electron chi connectivity index (χ0n) is 9.69. The topological polar surface area (TPSA) is 53.4 Å². The molecule has 1 aromatic heterocycles. The number of pyridine rings is 1. The Bertz CT molecular complexity index is 413. The van der Waals surface area contributed by atoms with E-state index in [0.717, 1.165) is 12.8 Å². The van der Waals surface area contributed by atoms with Crippen LogP contribution in [0.15, 0.2) is 22.9 Å².